The molecule has 1 fully saturated rings. The van der Waals surface area contributed by atoms with Gasteiger partial charge in [-0.15, -0.1) is 0 Å². The second-order valence-electron chi connectivity index (χ2n) is 3.72. The SMILES string of the molecule is C[C@@H]1CN(S(=O)(=O)CC(=O)O)C[C@H](C)O1. The summed E-state index contributed by atoms with van der Waals surface area (Å²) >= 11 is 0. The van der Waals surface area contributed by atoms with E-state index in [4.69, 9.17) is 9.84 Å². The monoisotopic (exact) mass is 237 g/mol. The largest absolute Gasteiger partial charge is 0.480 e. The van der Waals surface area contributed by atoms with Gasteiger partial charge in [0, 0.05) is 13.1 Å². The van der Waals surface area contributed by atoms with Gasteiger partial charge in [-0.3, -0.25) is 4.79 Å². The molecular formula is C8H15NO5S. The summed E-state index contributed by atoms with van der Waals surface area (Å²) < 4.78 is 29.7. The first-order chi connectivity index (χ1) is 6.81. The van der Waals surface area contributed by atoms with E-state index in [0.717, 1.165) is 0 Å². The van der Waals surface area contributed by atoms with E-state index in [9.17, 15) is 13.2 Å². The highest BCUT2D eigenvalue weighted by atomic mass is 32.2. The maximum absolute atomic E-state index is 11.6. The van der Waals surface area contributed by atoms with Crippen molar-refractivity contribution in [2.24, 2.45) is 0 Å². The Kier molecular flexibility index (Phi) is 3.69. The lowest BCUT2D eigenvalue weighted by atomic mass is 10.3. The number of aliphatic carboxylic acids is 1. The van der Waals surface area contributed by atoms with Gasteiger partial charge in [0.1, 0.15) is 0 Å². The molecule has 1 heterocycles. The van der Waals surface area contributed by atoms with E-state index < -0.39 is 21.7 Å². The molecule has 7 heteroatoms. The summed E-state index contributed by atoms with van der Waals surface area (Å²) in [5, 5.41) is 8.47. The average Bonchev–Trinajstić information content (AvgIpc) is 1.99. The van der Waals surface area contributed by atoms with Crippen molar-refractivity contribution >= 4 is 16.0 Å². The van der Waals surface area contributed by atoms with Gasteiger partial charge in [0.15, 0.2) is 5.75 Å². The number of carboxylic acid groups (broad SMARTS) is 1. The van der Waals surface area contributed by atoms with Crippen LogP contribution in [0, 0.1) is 0 Å². The van der Waals surface area contributed by atoms with Gasteiger partial charge in [-0.1, -0.05) is 0 Å². The lowest BCUT2D eigenvalue weighted by molar-refractivity contribution is -0.134. The number of hydrogen-bond donors (Lipinski definition) is 1. The first-order valence-corrected chi connectivity index (χ1v) is 6.27. The van der Waals surface area contributed by atoms with Gasteiger partial charge in [0.05, 0.1) is 12.2 Å². The van der Waals surface area contributed by atoms with E-state index in [0.29, 0.717) is 0 Å². The van der Waals surface area contributed by atoms with Crippen molar-refractivity contribution in [2.45, 2.75) is 26.1 Å². The Balaban J connectivity index is 2.74. The Labute approximate surface area is 88.9 Å². The van der Waals surface area contributed by atoms with Crippen LogP contribution in [0.4, 0.5) is 0 Å². The average molecular weight is 237 g/mol. The number of morpholine rings is 1. The molecule has 0 aliphatic carbocycles. The molecule has 0 saturated carbocycles. The Bertz CT molecular complexity index is 329. The van der Waals surface area contributed by atoms with Crippen LogP contribution in [0.2, 0.25) is 0 Å². The predicted molar refractivity (Wildman–Crippen MR) is 53.0 cm³/mol. The van der Waals surface area contributed by atoms with Gasteiger partial charge in [-0.2, -0.15) is 4.31 Å². The number of rotatable bonds is 3. The highest BCUT2D eigenvalue weighted by Crippen LogP contribution is 2.14. The molecule has 0 amide bonds. The van der Waals surface area contributed by atoms with Crippen LogP contribution in [0.25, 0.3) is 0 Å². The van der Waals surface area contributed by atoms with E-state index in [1.807, 2.05) is 0 Å². The number of sulfonamides is 1. The fourth-order valence-electron chi connectivity index (χ4n) is 1.61. The minimum absolute atomic E-state index is 0.197. The molecule has 2 atom stereocenters. The molecule has 1 rings (SSSR count). The second-order valence-corrected chi connectivity index (χ2v) is 5.69. The fourth-order valence-corrected chi connectivity index (χ4v) is 2.97. The van der Waals surface area contributed by atoms with Crippen molar-refractivity contribution in [3.8, 4) is 0 Å². The zero-order chi connectivity index (χ0) is 11.6. The van der Waals surface area contributed by atoms with Gasteiger partial charge >= 0.3 is 5.97 Å². The second kappa shape index (κ2) is 4.46. The van der Waals surface area contributed by atoms with E-state index >= 15 is 0 Å². The van der Waals surface area contributed by atoms with Gasteiger partial charge in [-0.05, 0) is 13.8 Å². The molecule has 15 heavy (non-hydrogen) atoms. The summed E-state index contributed by atoms with van der Waals surface area (Å²) in [6.45, 7) is 3.97. The molecule has 1 N–H and O–H groups in total. The van der Waals surface area contributed by atoms with Crippen molar-refractivity contribution in [3.05, 3.63) is 0 Å². The third-order valence-corrected chi connectivity index (χ3v) is 3.78. The minimum atomic E-state index is -3.69. The molecule has 0 radical (unpaired) electrons. The lowest BCUT2D eigenvalue weighted by Crippen LogP contribution is -2.49. The summed E-state index contributed by atoms with van der Waals surface area (Å²) in [5.74, 6) is -2.19. The van der Waals surface area contributed by atoms with Crippen LogP contribution in [-0.4, -0.2) is 54.8 Å². The first kappa shape index (κ1) is 12.4. The maximum Gasteiger partial charge on any atom is 0.320 e. The molecule has 0 spiro atoms. The molecule has 0 aromatic carbocycles. The van der Waals surface area contributed by atoms with Gasteiger partial charge in [0.2, 0.25) is 10.0 Å². The molecule has 0 aromatic rings. The van der Waals surface area contributed by atoms with Gasteiger partial charge in [-0.25, -0.2) is 8.42 Å². The summed E-state index contributed by atoms with van der Waals surface area (Å²) in [7, 11) is -3.69. The number of hydrogen-bond acceptors (Lipinski definition) is 4. The van der Waals surface area contributed by atoms with Crippen LogP contribution in [-0.2, 0) is 19.6 Å². The third-order valence-electron chi connectivity index (χ3n) is 2.09. The summed E-state index contributed by atoms with van der Waals surface area (Å²) in [6.07, 6.45) is -0.394. The Hall–Kier alpha value is -0.660. The van der Waals surface area contributed by atoms with Crippen molar-refractivity contribution < 1.29 is 23.1 Å². The molecule has 6 nitrogen and oxygen atoms in total. The topological polar surface area (TPSA) is 83.9 Å². The molecular weight excluding hydrogens is 222 g/mol. The van der Waals surface area contributed by atoms with E-state index in [2.05, 4.69) is 0 Å². The van der Waals surface area contributed by atoms with Crippen molar-refractivity contribution in [1.82, 2.24) is 4.31 Å². The lowest BCUT2D eigenvalue weighted by Gasteiger charge is -2.34. The highest BCUT2D eigenvalue weighted by molar-refractivity contribution is 7.89. The third kappa shape index (κ3) is 3.44. The summed E-state index contributed by atoms with van der Waals surface area (Å²) in [4.78, 5) is 10.4. The Morgan fingerprint density at radius 3 is 2.27 bits per heavy atom. The summed E-state index contributed by atoms with van der Waals surface area (Å²) in [6, 6.07) is 0. The van der Waals surface area contributed by atoms with Crippen LogP contribution >= 0.6 is 0 Å². The van der Waals surface area contributed by atoms with Crippen LogP contribution in [0.5, 0.6) is 0 Å². The van der Waals surface area contributed by atoms with Gasteiger partial charge < -0.3 is 9.84 Å². The molecule has 1 aliphatic rings. The molecule has 0 aromatic heterocycles. The van der Waals surface area contributed by atoms with Crippen LogP contribution in [0.15, 0.2) is 0 Å². The number of carboxylic acids is 1. The molecule has 0 bridgehead atoms. The number of ether oxygens (including phenoxy) is 1. The van der Waals surface area contributed by atoms with Crippen LogP contribution in [0.3, 0.4) is 0 Å². The van der Waals surface area contributed by atoms with E-state index in [1.54, 1.807) is 13.8 Å². The highest BCUT2D eigenvalue weighted by Gasteiger charge is 2.32. The zero-order valence-corrected chi connectivity index (χ0v) is 9.53. The molecule has 0 unspecified atom stereocenters. The molecule has 1 aliphatic heterocycles. The quantitative estimate of drug-likeness (QED) is 0.716. The smallest absolute Gasteiger partial charge is 0.320 e. The van der Waals surface area contributed by atoms with Crippen LogP contribution < -0.4 is 0 Å². The fraction of sp³-hybridized carbons (Fsp3) is 0.875. The zero-order valence-electron chi connectivity index (χ0n) is 8.71. The first-order valence-electron chi connectivity index (χ1n) is 4.66. The van der Waals surface area contributed by atoms with Crippen molar-refractivity contribution in [3.63, 3.8) is 0 Å². The van der Waals surface area contributed by atoms with E-state index in [-0.39, 0.29) is 25.3 Å². The van der Waals surface area contributed by atoms with Gasteiger partial charge in [0.25, 0.3) is 0 Å². The van der Waals surface area contributed by atoms with Crippen molar-refractivity contribution in [1.29, 1.82) is 0 Å². The Morgan fingerprint density at radius 2 is 1.87 bits per heavy atom. The predicted octanol–water partition coefficient (Wildman–Crippen LogP) is -0.490. The molecule has 88 valence electrons. The van der Waals surface area contributed by atoms with Crippen molar-refractivity contribution in [2.75, 3.05) is 18.8 Å². The number of carbonyl (C=O) groups is 1. The number of nitrogens with zero attached hydrogens (tertiary/aromatic N) is 1. The normalized spacial score (nSPS) is 28.9. The Morgan fingerprint density at radius 1 is 1.40 bits per heavy atom. The summed E-state index contributed by atoms with van der Waals surface area (Å²) in [5.41, 5.74) is 0. The van der Waals surface area contributed by atoms with Crippen LogP contribution in [0.1, 0.15) is 13.8 Å². The standard InChI is InChI=1S/C8H15NO5S/c1-6-3-9(4-7(2)14-6)15(12,13)5-8(10)11/h6-7H,3-5H2,1-2H3,(H,10,11)/t6-,7+. The maximum atomic E-state index is 11.6. The van der Waals surface area contributed by atoms with E-state index in [1.165, 1.54) is 4.31 Å². The molecule has 1 saturated heterocycles. The minimum Gasteiger partial charge on any atom is -0.480 e.